The fourth-order valence-corrected chi connectivity index (χ4v) is 5.52. The number of sulfonamides is 1. The van der Waals surface area contributed by atoms with Crippen molar-refractivity contribution in [2.24, 2.45) is 0 Å². The zero-order valence-electron chi connectivity index (χ0n) is 20.2. The van der Waals surface area contributed by atoms with E-state index in [1.807, 2.05) is 6.92 Å². The Morgan fingerprint density at radius 1 is 1.00 bits per heavy atom. The molecule has 1 saturated heterocycles. The minimum Gasteiger partial charge on any atom is -0.339 e. The summed E-state index contributed by atoms with van der Waals surface area (Å²) in [5.41, 5.74) is 1.06. The highest BCUT2D eigenvalue weighted by atomic mass is 32.2. The minimum atomic E-state index is -4.27. The number of likely N-dealkylation sites (tertiary alicyclic amines) is 1. The number of non-ortho nitro benzene ring substituents is 1. The molecule has 11 heteroatoms. The Labute approximate surface area is 214 Å². The van der Waals surface area contributed by atoms with E-state index in [4.69, 9.17) is 0 Å². The number of hydrogen-bond donors (Lipinski definition) is 1. The van der Waals surface area contributed by atoms with Crippen LogP contribution in [0.4, 0.5) is 17.1 Å². The maximum atomic E-state index is 13.6. The third-order valence-electron chi connectivity index (χ3n) is 6.05. The summed E-state index contributed by atoms with van der Waals surface area (Å²) in [5, 5.41) is 14.0. The monoisotopic (exact) mass is 522 g/mol. The van der Waals surface area contributed by atoms with Crippen molar-refractivity contribution in [3.05, 3.63) is 94.0 Å². The number of amides is 2. The third kappa shape index (κ3) is 5.78. The van der Waals surface area contributed by atoms with Crippen LogP contribution in [-0.4, -0.2) is 49.7 Å². The summed E-state index contributed by atoms with van der Waals surface area (Å²) in [7, 11) is -4.27. The SMILES string of the molecule is Cc1ccc(S(=O)(=O)N(CC(=O)Nc2ccccc2C(=O)N2CCCC2)c2cccc([N+](=O)[O-])c2)cc1. The number of hydrogen-bond acceptors (Lipinski definition) is 6. The van der Waals surface area contributed by atoms with Crippen molar-refractivity contribution in [2.75, 3.05) is 29.3 Å². The molecule has 4 rings (SSSR count). The van der Waals surface area contributed by atoms with Gasteiger partial charge in [0.2, 0.25) is 5.91 Å². The van der Waals surface area contributed by atoms with E-state index in [9.17, 15) is 28.1 Å². The van der Waals surface area contributed by atoms with E-state index in [2.05, 4.69) is 5.32 Å². The number of carbonyl (C=O) groups excluding carboxylic acids is 2. The Kier molecular flexibility index (Phi) is 7.53. The summed E-state index contributed by atoms with van der Waals surface area (Å²) in [6, 6.07) is 17.7. The highest BCUT2D eigenvalue weighted by Gasteiger charge is 2.29. The summed E-state index contributed by atoms with van der Waals surface area (Å²) in [4.78, 5) is 38.5. The van der Waals surface area contributed by atoms with Crippen LogP contribution in [0.2, 0.25) is 0 Å². The van der Waals surface area contributed by atoms with Crippen molar-refractivity contribution >= 4 is 38.9 Å². The number of nitrogens with one attached hydrogen (secondary N) is 1. The van der Waals surface area contributed by atoms with Crippen LogP contribution in [0.5, 0.6) is 0 Å². The van der Waals surface area contributed by atoms with Gasteiger partial charge in [-0.3, -0.25) is 24.0 Å². The first kappa shape index (κ1) is 25.8. The van der Waals surface area contributed by atoms with Gasteiger partial charge in [-0.25, -0.2) is 8.42 Å². The molecule has 1 aliphatic rings. The molecule has 3 aromatic rings. The number of nitro groups is 1. The summed E-state index contributed by atoms with van der Waals surface area (Å²) in [6.45, 7) is 2.42. The van der Waals surface area contributed by atoms with Gasteiger partial charge in [-0.15, -0.1) is 0 Å². The van der Waals surface area contributed by atoms with Gasteiger partial charge >= 0.3 is 0 Å². The largest absolute Gasteiger partial charge is 0.339 e. The van der Waals surface area contributed by atoms with Crippen molar-refractivity contribution in [1.29, 1.82) is 0 Å². The number of carbonyl (C=O) groups is 2. The Balaban J connectivity index is 1.66. The van der Waals surface area contributed by atoms with E-state index in [1.54, 1.807) is 41.3 Å². The van der Waals surface area contributed by atoms with Crippen LogP contribution in [0.3, 0.4) is 0 Å². The molecule has 0 bridgehead atoms. The van der Waals surface area contributed by atoms with Crippen LogP contribution in [0, 0.1) is 17.0 Å². The first-order valence-electron chi connectivity index (χ1n) is 11.7. The number of nitrogens with zero attached hydrogens (tertiary/aromatic N) is 3. The number of nitro benzene ring substituents is 1. The molecule has 37 heavy (non-hydrogen) atoms. The van der Waals surface area contributed by atoms with Crippen LogP contribution in [0.1, 0.15) is 28.8 Å². The molecule has 10 nitrogen and oxygen atoms in total. The molecule has 0 aliphatic carbocycles. The molecule has 1 N–H and O–H groups in total. The highest BCUT2D eigenvalue weighted by molar-refractivity contribution is 7.92. The van der Waals surface area contributed by atoms with E-state index in [0.29, 0.717) is 18.7 Å². The topological polar surface area (TPSA) is 130 Å². The summed E-state index contributed by atoms with van der Waals surface area (Å²) in [6.07, 6.45) is 1.82. The fourth-order valence-electron chi connectivity index (χ4n) is 4.10. The number of aryl methyl sites for hydroxylation is 1. The van der Waals surface area contributed by atoms with E-state index in [1.165, 1.54) is 30.3 Å². The van der Waals surface area contributed by atoms with Crippen LogP contribution in [0.25, 0.3) is 0 Å². The smallest absolute Gasteiger partial charge is 0.271 e. The first-order valence-corrected chi connectivity index (χ1v) is 13.1. The predicted octanol–water partition coefficient (Wildman–Crippen LogP) is 3.97. The molecular formula is C26H26N4O6S. The average Bonchev–Trinajstić information content (AvgIpc) is 3.42. The van der Waals surface area contributed by atoms with Crippen molar-refractivity contribution in [3.8, 4) is 0 Å². The Morgan fingerprint density at radius 3 is 2.35 bits per heavy atom. The first-order chi connectivity index (χ1) is 17.7. The highest BCUT2D eigenvalue weighted by Crippen LogP contribution is 2.28. The summed E-state index contributed by atoms with van der Waals surface area (Å²) in [5.74, 6) is -0.917. The quantitative estimate of drug-likeness (QED) is 0.352. The van der Waals surface area contributed by atoms with Gasteiger partial charge in [0.25, 0.3) is 21.6 Å². The molecule has 192 valence electrons. The molecule has 1 heterocycles. The Morgan fingerprint density at radius 2 is 1.68 bits per heavy atom. The number of benzene rings is 3. The number of para-hydroxylation sites is 1. The van der Waals surface area contributed by atoms with Gasteiger partial charge in [0, 0.05) is 25.2 Å². The van der Waals surface area contributed by atoms with E-state index < -0.39 is 27.4 Å². The molecule has 0 saturated carbocycles. The second-order valence-electron chi connectivity index (χ2n) is 8.69. The molecule has 2 amide bonds. The predicted molar refractivity (Wildman–Crippen MR) is 139 cm³/mol. The molecule has 0 atom stereocenters. The van der Waals surface area contributed by atoms with Crippen LogP contribution in [-0.2, 0) is 14.8 Å². The van der Waals surface area contributed by atoms with Crippen molar-refractivity contribution in [3.63, 3.8) is 0 Å². The maximum absolute atomic E-state index is 13.6. The van der Waals surface area contributed by atoms with Crippen molar-refractivity contribution < 1.29 is 22.9 Å². The molecular weight excluding hydrogens is 496 g/mol. The van der Waals surface area contributed by atoms with E-state index >= 15 is 0 Å². The Hall–Kier alpha value is -4.25. The van der Waals surface area contributed by atoms with Crippen LogP contribution in [0.15, 0.2) is 77.7 Å². The standard InChI is InChI=1S/C26H26N4O6S/c1-19-11-13-22(14-12-19)37(35,36)29(20-7-6-8-21(17-20)30(33)34)18-25(31)27-24-10-3-2-9-23(24)26(32)28-15-4-5-16-28/h2-3,6-14,17H,4-5,15-16,18H2,1H3,(H,27,31). The molecule has 1 fully saturated rings. The van der Waals surface area contributed by atoms with E-state index in [-0.39, 0.29) is 27.9 Å². The molecule has 0 unspecified atom stereocenters. The van der Waals surface area contributed by atoms with Gasteiger partial charge < -0.3 is 10.2 Å². The lowest BCUT2D eigenvalue weighted by Crippen LogP contribution is -2.38. The normalized spacial score (nSPS) is 13.3. The molecule has 3 aromatic carbocycles. The summed E-state index contributed by atoms with van der Waals surface area (Å²) >= 11 is 0. The van der Waals surface area contributed by atoms with Gasteiger partial charge in [0.1, 0.15) is 6.54 Å². The number of rotatable bonds is 8. The van der Waals surface area contributed by atoms with Crippen LogP contribution >= 0.6 is 0 Å². The van der Waals surface area contributed by atoms with Gasteiger partial charge in [0.05, 0.1) is 26.8 Å². The fraction of sp³-hybridized carbons (Fsp3) is 0.231. The zero-order chi connectivity index (χ0) is 26.6. The van der Waals surface area contributed by atoms with Crippen molar-refractivity contribution in [2.45, 2.75) is 24.7 Å². The molecule has 0 aromatic heterocycles. The summed E-state index contributed by atoms with van der Waals surface area (Å²) < 4.78 is 28.0. The second kappa shape index (κ2) is 10.8. The lowest BCUT2D eigenvalue weighted by atomic mass is 10.1. The van der Waals surface area contributed by atoms with Gasteiger partial charge in [0.15, 0.2) is 0 Å². The molecule has 0 radical (unpaired) electrons. The minimum absolute atomic E-state index is 0.0358. The zero-order valence-corrected chi connectivity index (χ0v) is 21.0. The third-order valence-corrected chi connectivity index (χ3v) is 7.84. The maximum Gasteiger partial charge on any atom is 0.271 e. The molecule has 1 aliphatic heterocycles. The number of anilines is 2. The van der Waals surface area contributed by atoms with Gasteiger partial charge in [-0.05, 0) is 50.1 Å². The van der Waals surface area contributed by atoms with Gasteiger partial charge in [-0.2, -0.15) is 0 Å². The average molecular weight is 523 g/mol. The lowest BCUT2D eigenvalue weighted by molar-refractivity contribution is -0.384. The van der Waals surface area contributed by atoms with E-state index in [0.717, 1.165) is 28.8 Å². The lowest BCUT2D eigenvalue weighted by Gasteiger charge is -2.24. The Bertz CT molecular complexity index is 1430. The molecule has 0 spiro atoms. The van der Waals surface area contributed by atoms with Crippen LogP contribution < -0.4 is 9.62 Å². The second-order valence-corrected chi connectivity index (χ2v) is 10.6. The van der Waals surface area contributed by atoms with Crippen molar-refractivity contribution in [1.82, 2.24) is 4.90 Å². The van der Waals surface area contributed by atoms with Gasteiger partial charge in [-0.1, -0.05) is 35.9 Å².